The average Bonchev–Trinajstić information content (AvgIpc) is 2.29. The Labute approximate surface area is 76.9 Å². The quantitative estimate of drug-likeness (QED) is 0.370. The summed E-state index contributed by atoms with van der Waals surface area (Å²) in [7, 11) is 0. The molecule has 0 aliphatic carbocycles. The highest BCUT2D eigenvalue weighted by molar-refractivity contribution is 7.80. The molecule has 2 fully saturated rings. The van der Waals surface area contributed by atoms with E-state index in [0.29, 0.717) is 0 Å². The van der Waals surface area contributed by atoms with E-state index in [1.54, 1.807) is 0 Å². The van der Waals surface area contributed by atoms with Crippen LogP contribution in [0.5, 0.6) is 0 Å². The molecule has 1 amide bonds. The molecule has 2 aliphatic rings. The van der Waals surface area contributed by atoms with Crippen LogP contribution < -0.4 is 16.0 Å². The molecule has 5 heteroatoms. The first-order valence-corrected chi connectivity index (χ1v) is 4.72. The van der Waals surface area contributed by atoms with Crippen molar-refractivity contribution in [3.8, 4) is 0 Å². The number of amides is 1. The summed E-state index contributed by atoms with van der Waals surface area (Å²) in [5, 5.41) is 9.17. The topological polar surface area (TPSA) is 53.2 Å². The van der Waals surface area contributed by atoms with Crippen LogP contribution in [0.3, 0.4) is 0 Å². The van der Waals surface area contributed by atoms with Crippen molar-refractivity contribution in [2.75, 3.05) is 13.1 Å². The third kappa shape index (κ3) is 1.22. The second-order valence-electron chi connectivity index (χ2n) is 3.35. The maximum Gasteiger partial charge on any atom is 0.242 e. The van der Waals surface area contributed by atoms with Crippen molar-refractivity contribution in [2.24, 2.45) is 0 Å². The zero-order valence-corrected chi connectivity index (χ0v) is 7.66. The van der Waals surface area contributed by atoms with Crippen LogP contribution in [-0.4, -0.2) is 30.0 Å². The molecule has 3 N–H and O–H groups in total. The van der Waals surface area contributed by atoms with Crippen LogP contribution in [-0.2, 0) is 4.79 Å². The fourth-order valence-electron chi connectivity index (χ4n) is 1.85. The highest BCUT2D eigenvalue weighted by atomic mass is 32.1. The molecule has 0 aromatic heterocycles. The minimum Gasteiger partial charge on any atom is -0.330 e. The van der Waals surface area contributed by atoms with E-state index < -0.39 is 0 Å². The Kier molecular flexibility index (Phi) is 2.02. The Morgan fingerprint density at radius 1 is 1.42 bits per heavy atom. The number of nitrogens with one attached hydrogen (secondary N) is 3. The Hall–Kier alpha value is -0.260. The van der Waals surface area contributed by atoms with Crippen LogP contribution in [0.15, 0.2) is 0 Å². The van der Waals surface area contributed by atoms with Crippen molar-refractivity contribution in [1.82, 2.24) is 16.0 Å². The van der Waals surface area contributed by atoms with E-state index in [0.717, 1.165) is 25.9 Å². The molecule has 1 spiro atoms. The number of piperidine rings is 1. The molecule has 0 aromatic rings. The Bertz CT molecular complexity index is 203. The predicted molar refractivity (Wildman–Crippen MR) is 48.9 cm³/mol. The van der Waals surface area contributed by atoms with Crippen LogP contribution in [0, 0.1) is 0 Å². The third-order valence-electron chi connectivity index (χ3n) is 2.57. The molecule has 1 unspecified atom stereocenters. The Balaban J connectivity index is 2.13. The van der Waals surface area contributed by atoms with Crippen molar-refractivity contribution in [2.45, 2.75) is 23.9 Å². The van der Waals surface area contributed by atoms with Crippen molar-refractivity contribution in [3.63, 3.8) is 0 Å². The number of carbonyl (C=O) groups excluding carboxylic acids is 1. The van der Waals surface area contributed by atoms with Gasteiger partial charge in [0.15, 0.2) is 0 Å². The number of thiol groups is 1. The first-order chi connectivity index (χ1) is 5.73. The SMILES string of the molecule is O=C1NC(S)NC12CCNCC2. The van der Waals surface area contributed by atoms with E-state index >= 15 is 0 Å². The fourth-order valence-corrected chi connectivity index (χ4v) is 2.21. The fraction of sp³-hybridized carbons (Fsp3) is 0.857. The smallest absolute Gasteiger partial charge is 0.242 e. The summed E-state index contributed by atoms with van der Waals surface area (Å²) in [6, 6.07) is 0. The monoisotopic (exact) mass is 187 g/mol. The van der Waals surface area contributed by atoms with E-state index in [1.807, 2.05) is 0 Å². The van der Waals surface area contributed by atoms with Crippen molar-refractivity contribution in [3.05, 3.63) is 0 Å². The molecule has 1 atom stereocenters. The minimum atomic E-state index is -0.336. The third-order valence-corrected chi connectivity index (χ3v) is 2.83. The highest BCUT2D eigenvalue weighted by Gasteiger charge is 2.45. The maximum absolute atomic E-state index is 11.5. The van der Waals surface area contributed by atoms with Gasteiger partial charge in [-0.2, -0.15) is 0 Å². The summed E-state index contributed by atoms with van der Waals surface area (Å²) in [4.78, 5) is 11.5. The average molecular weight is 187 g/mol. The van der Waals surface area contributed by atoms with Crippen molar-refractivity contribution >= 4 is 18.5 Å². The van der Waals surface area contributed by atoms with E-state index in [-0.39, 0.29) is 16.9 Å². The number of hydrogen-bond donors (Lipinski definition) is 4. The van der Waals surface area contributed by atoms with Gasteiger partial charge in [0, 0.05) is 0 Å². The van der Waals surface area contributed by atoms with Gasteiger partial charge in [0.2, 0.25) is 5.91 Å². The molecule has 2 aliphatic heterocycles. The van der Waals surface area contributed by atoms with Gasteiger partial charge in [0.05, 0.1) is 0 Å². The molecule has 0 aromatic carbocycles. The van der Waals surface area contributed by atoms with Crippen LogP contribution in [0.25, 0.3) is 0 Å². The lowest BCUT2D eigenvalue weighted by molar-refractivity contribution is -0.125. The molecule has 12 heavy (non-hydrogen) atoms. The first kappa shape index (κ1) is 8.34. The number of rotatable bonds is 0. The lowest BCUT2D eigenvalue weighted by Gasteiger charge is -2.31. The highest BCUT2D eigenvalue weighted by Crippen LogP contribution is 2.23. The Morgan fingerprint density at radius 3 is 2.58 bits per heavy atom. The van der Waals surface area contributed by atoms with Gasteiger partial charge >= 0.3 is 0 Å². The summed E-state index contributed by atoms with van der Waals surface area (Å²) in [5.41, 5.74) is -0.506. The van der Waals surface area contributed by atoms with Gasteiger partial charge in [-0.25, -0.2) is 0 Å². The van der Waals surface area contributed by atoms with E-state index in [1.165, 1.54) is 0 Å². The van der Waals surface area contributed by atoms with Gasteiger partial charge in [-0.05, 0) is 25.9 Å². The zero-order valence-electron chi connectivity index (χ0n) is 6.76. The second kappa shape index (κ2) is 2.90. The standard InChI is InChI=1S/C7H13N3OS/c11-5-7(10-6(12)9-5)1-3-8-4-2-7/h6,8,10,12H,1-4H2,(H,9,11). The van der Waals surface area contributed by atoms with Gasteiger partial charge in [-0.3, -0.25) is 10.1 Å². The molecule has 4 nitrogen and oxygen atoms in total. The van der Waals surface area contributed by atoms with E-state index in [9.17, 15) is 4.79 Å². The first-order valence-electron chi connectivity index (χ1n) is 4.20. The van der Waals surface area contributed by atoms with Crippen LogP contribution >= 0.6 is 12.6 Å². The molecule has 2 heterocycles. The van der Waals surface area contributed by atoms with Crippen LogP contribution in [0.2, 0.25) is 0 Å². The molecule has 0 radical (unpaired) electrons. The maximum atomic E-state index is 11.5. The molecule has 0 bridgehead atoms. The molecule has 0 saturated carbocycles. The van der Waals surface area contributed by atoms with Gasteiger partial charge in [0.25, 0.3) is 0 Å². The molecular formula is C7H13N3OS. The van der Waals surface area contributed by atoms with Gasteiger partial charge in [0.1, 0.15) is 11.0 Å². The Morgan fingerprint density at radius 2 is 2.08 bits per heavy atom. The van der Waals surface area contributed by atoms with Crippen LogP contribution in [0.1, 0.15) is 12.8 Å². The molecule has 2 saturated heterocycles. The van der Waals surface area contributed by atoms with Crippen molar-refractivity contribution in [1.29, 1.82) is 0 Å². The largest absolute Gasteiger partial charge is 0.330 e. The molecular weight excluding hydrogens is 174 g/mol. The van der Waals surface area contributed by atoms with E-state index in [2.05, 4.69) is 28.6 Å². The van der Waals surface area contributed by atoms with Crippen LogP contribution in [0.4, 0.5) is 0 Å². The zero-order chi connectivity index (χ0) is 8.60. The summed E-state index contributed by atoms with van der Waals surface area (Å²) >= 11 is 4.17. The normalized spacial score (nSPS) is 33.8. The van der Waals surface area contributed by atoms with E-state index in [4.69, 9.17) is 0 Å². The summed E-state index contributed by atoms with van der Waals surface area (Å²) in [6.07, 6.45) is 1.71. The van der Waals surface area contributed by atoms with Gasteiger partial charge < -0.3 is 10.6 Å². The summed E-state index contributed by atoms with van der Waals surface area (Å²) < 4.78 is 0. The van der Waals surface area contributed by atoms with Gasteiger partial charge in [-0.1, -0.05) is 0 Å². The second-order valence-corrected chi connectivity index (χ2v) is 3.87. The lowest BCUT2D eigenvalue weighted by Crippen LogP contribution is -2.53. The summed E-state index contributed by atoms with van der Waals surface area (Å²) in [6.45, 7) is 1.81. The summed E-state index contributed by atoms with van der Waals surface area (Å²) in [5.74, 6) is 0.101. The van der Waals surface area contributed by atoms with Crippen molar-refractivity contribution < 1.29 is 4.79 Å². The predicted octanol–water partition coefficient (Wildman–Crippen LogP) is -0.959. The molecule has 68 valence electrons. The number of carbonyl (C=O) groups is 1. The number of hydrogen-bond acceptors (Lipinski definition) is 4. The minimum absolute atomic E-state index is 0.101. The lowest BCUT2D eigenvalue weighted by atomic mass is 9.89. The van der Waals surface area contributed by atoms with Gasteiger partial charge in [-0.15, -0.1) is 12.6 Å². The molecule has 2 rings (SSSR count).